The summed E-state index contributed by atoms with van der Waals surface area (Å²) >= 11 is 3.32. The minimum Gasteiger partial charge on any atom is -0.461 e. The van der Waals surface area contributed by atoms with Crippen molar-refractivity contribution in [2.45, 2.75) is 13.8 Å². The number of nitrogens with one attached hydrogen (secondary N) is 1. The monoisotopic (exact) mass is 335 g/mol. The molecule has 0 aliphatic rings. The predicted octanol–water partition coefficient (Wildman–Crippen LogP) is 3.49. The lowest BCUT2D eigenvalue weighted by molar-refractivity contribution is 0.0519. The van der Waals surface area contributed by atoms with Gasteiger partial charge in [-0.05, 0) is 29.8 Å². The fourth-order valence-electron chi connectivity index (χ4n) is 1.94. The maximum Gasteiger partial charge on any atom is 0.355 e. The SMILES string of the molecule is CCOC(=O)c1[nH]c(C)c(C(=O)c2ccccc2)c1Br. The zero-order chi connectivity index (χ0) is 14.7. The van der Waals surface area contributed by atoms with Crippen molar-refractivity contribution in [3.05, 3.63) is 57.3 Å². The number of aromatic nitrogens is 1. The second-order valence-corrected chi connectivity index (χ2v) is 5.02. The second kappa shape index (κ2) is 6.05. The number of halogens is 1. The first-order valence-corrected chi connectivity index (χ1v) is 7.00. The molecule has 2 rings (SSSR count). The highest BCUT2D eigenvalue weighted by Gasteiger charge is 2.24. The van der Waals surface area contributed by atoms with Crippen molar-refractivity contribution < 1.29 is 14.3 Å². The van der Waals surface area contributed by atoms with Gasteiger partial charge >= 0.3 is 5.97 Å². The van der Waals surface area contributed by atoms with Crippen LogP contribution in [0.1, 0.15) is 39.0 Å². The molecule has 0 saturated carbocycles. The highest BCUT2D eigenvalue weighted by atomic mass is 79.9. The molecule has 104 valence electrons. The first-order chi connectivity index (χ1) is 9.56. The number of aromatic amines is 1. The predicted molar refractivity (Wildman–Crippen MR) is 79.1 cm³/mol. The molecule has 1 heterocycles. The molecule has 1 N–H and O–H groups in total. The molecule has 0 atom stereocenters. The highest BCUT2D eigenvalue weighted by Crippen LogP contribution is 2.28. The maximum atomic E-state index is 12.5. The van der Waals surface area contributed by atoms with Crippen LogP contribution in [0.15, 0.2) is 34.8 Å². The summed E-state index contributed by atoms with van der Waals surface area (Å²) in [6.45, 7) is 3.77. The summed E-state index contributed by atoms with van der Waals surface area (Å²) in [5.41, 5.74) is 1.93. The molecule has 4 nitrogen and oxygen atoms in total. The molecule has 0 aliphatic heterocycles. The summed E-state index contributed by atoms with van der Waals surface area (Å²) < 4.78 is 5.40. The van der Waals surface area contributed by atoms with Gasteiger partial charge in [-0.2, -0.15) is 0 Å². The van der Waals surface area contributed by atoms with E-state index in [0.717, 1.165) is 0 Å². The number of H-pyrrole nitrogens is 1. The van der Waals surface area contributed by atoms with Crippen LogP contribution in [0.5, 0.6) is 0 Å². The summed E-state index contributed by atoms with van der Waals surface area (Å²) in [6.07, 6.45) is 0. The van der Waals surface area contributed by atoms with Crippen LogP contribution >= 0.6 is 15.9 Å². The summed E-state index contributed by atoms with van der Waals surface area (Å²) in [5, 5.41) is 0. The van der Waals surface area contributed by atoms with Crippen molar-refractivity contribution in [2.24, 2.45) is 0 Å². The van der Waals surface area contributed by atoms with Crippen molar-refractivity contribution in [1.29, 1.82) is 0 Å². The van der Waals surface area contributed by atoms with Crippen LogP contribution in [0, 0.1) is 6.92 Å². The fraction of sp³-hybridized carbons (Fsp3) is 0.200. The Kier molecular flexibility index (Phi) is 4.39. The van der Waals surface area contributed by atoms with E-state index in [1.165, 1.54) is 0 Å². The zero-order valence-electron chi connectivity index (χ0n) is 11.2. The smallest absolute Gasteiger partial charge is 0.355 e. The van der Waals surface area contributed by atoms with Crippen molar-refractivity contribution >= 4 is 27.7 Å². The molecule has 1 aromatic carbocycles. The van der Waals surface area contributed by atoms with Gasteiger partial charge in [0, 0.05) is 11.3 Å². The number of ketones is 1. The Morgan fingerprint density at radius 1 is 1.25 bits per heavy atom. The number of hydrogen-bond acceptors (Lipinski definition) is 3. The van der Waals surface area contributed by atoms with Crippen molar-refractivity contribution in [3.8, 4) is 0 Å². The number of rotatable bonds is 4. The Hall–Kier alpha value is -1.88. The van der Waals surface area contributed by atoms with Gasteiger partial charge in [0.2, 0.25) is 0 Å². The van der Waals surface area contributed by atoms with E-state index in [1.807, 2.05) is 6.07 Å². The van der Waals surface area contributed by atoms with Crippen LogP contribution in [0.4, 0.5) is 0 Å². The zero-order valence-corrected chi connectivity index (χ0v) is 12.8. The Balaban J connectivity index is 2.43. The molecule has 0 aliphatic carbocycles. The van der Waals surface area contributed by atoms with Crippen LogP contribution in [-0.4, -0.2) is 23.3 Å². The van der Waals surface area contributed by atoms with E-state index in [9.17, 15) is 9.59 Å². The van der Waals surface area contributed by atoms with Gasteiger partial charge in [0.15, 0.2) is 5.78 Å². The van der Waals surface area contributed by atoms with E-state index in [2.05, 4.69) is 20.9 Å². The number of ether oxygens (including phenoxy) is 1. The Morgan fingerprint density at radius 2 is 1.90 bits per heavy atom. The van der Waals surface area contributed by atoms with Crippen LogP contribution in [-0.2, 0) is 4.74 Å². The van der Waals surface area contributed by atoms with Crippen molar-refractivity contribution in [2.75, 3.05) is 6.61 Å². The number of benzene rings is 1. The fourth-order valence-corrected chi connectivity index (χ4v) is 2.68. The number of esters is 1. The third-order valence-electron chi connectivity index (χ3n) is 2.87. The molecule has 0 radical (unpaired) electrons. The molecule has 0 spiro atoms. The van der Waals surface area contributed by atoms with Gasteiger partial charge in [-0.1, -0.05) is 30.3 Å². The van der Waals surface area contributed by atoms with Gasteiger partial charge in [0.1, 0.15) is 5.69 Å². The number of carbonyl (C=O) groups excluding carboxylic acids is 2. The number of carbonyl (C=O) groups is 2. The average molecular weight is 336 g/mol. The first-order valence-electron chi connectivity index (χ1n) is 6.21. The molecule has 0 fully saturated rings. The summed E-state index contributed by atoms with van der Waals surface area (Å²) in [5.74, 6) is -0.614. The molecule has 2 aromatic rings. The molecule has 0 amide bonds. The van der Waals surface area contributed by atoms with Crippen molar-refractivity contribution in [1.82, 2.24) is 4.98 Å². The lowest BCUT2D eigenvalue weighted by Gasteiger charge is -2.02. The van der Waals surface area contributed by atoms with Gasteiger partial charge in [-0.3, -0.25) is 4.79 Å². The lowest BCUT2D eigenvalue weighted by Crippen LogP contribution is -2.06. The highest BCUT2D eigenvalue weighted by molar-refractivity contribution is 9.10. The van der Waals surface area contributed by atoms with Gasteiger partial charge in [0.05, 0.1) is 16.6 Å². The molecule has 1 aromatic heterocycles. The quantitative estimate of drug-likeness (QED) is 0.687. The summed E-state index contributed by atoms with van der Waals surface area (Å²) in [4.78, 5) is 27.2. The normalized spacial score (nSPS) is 10.3. The van der Waals surface area contributed by atoms with Crippen molar-refractivity contribution in [3.63, 3.8) is 0 Å². The largest absolute Gasteiger partial charge is 0.461 e. The maximum absolute atomic E-state index is 12.5. The van der Waals surface area contributed by atoms with E-state index in [4.69, 9.17) is 4.74 Å². The third kappa shape index (κ3) is 2.67. The Bertz CT molecular complexity index is 647. The molecule has 0 saturated heterocycles. The molecule has 0 unspecified atom stereocenters. The second-order valence-electron chi connectivity index (χ2n) is 4.23. The minimum atomic E-state index is -0.477. The third-order valence-corrected chi connectivity index (χ3v) is 3.66. The standard InChI is InChI=1S/C15H14BrNO3/c1-3-20-15(19)13-12(16)11(9(2)17-13)14(18)10-7-5-4-6-8-10/h4-8,17H,3H2,1-2H3. The summed E-state index contributed by atoms with van der Waals surface area (Å²) in [6, 6.07) is 8.93. The van der Waals surface area contributed by atoms with Crippen LogP contribution in [0.3, 0.4) is 0 Å². The van der Waals surface area contributed by atoms with Gasteiger partial charge < -0.3 is 9.72 Å². The van der Waals surface area contributed by atoms with E-state index in [1.54, 1.807) is 38.1 Å². The van der Waals surface area contributed by atoms with E-state index >= 15 is 0 Å². The van der Waals surface area contributed by atoms with Crippen LogP contribution in [0.25, 0.3) is 0 Å². The number of aryl methyl sites for hydroxylation is 1. The van der Waals surface area contributed by atoms with Crippen LogP contribution in [0.2, 0.25) is 0 Å². The van der Waals surface area contributed by atoms with Crippen LogP contribution < -0.4 is 0 Å². The molecule has 20 heavy (non-hydrogen) atoms. The lowest BCUT2D eigenvalue weighted by atomic mass is 10.0. The van der Waals surface area contributed by atoms with E-state index in [-0.39, 0.29) is 18.1 Å². The topological polar surface area (TPSA) is 59.2 Å². The van der Waals surface area contributed by atoms with E-state index in [0.29, 0.717) is 21.3 Å². The number of hydrogen-bond donors (Lipinski definition) is 1. The molecular formula is C15H14BrNO3. The Labute approximate surface area is 125 Å². The van der Waals surface area contributed by atoms with Gasteiger partial charge in [0.25, 0.3) is 0 Å². The van der Waals surface area contributed by atoms with Gasteiger partial charge in [-0.15, -0.1) is 0 Å². The molecule has 5 heteroatoms. The first kappa shape index (κ1) is 14.5. The Morgan fingerprint density at radius 3 is 2.50 bits per heavy atom. The van der Waals surface area contributed by atoms with E-state index < -0.39 is 5.97 Å². The molecule has 0 bridgehead atoms. The molecular weight excluding hydrogens is 322 g/mol. The summed E-state index contributed by atoms with van der Waals surface area (Å²) in [7, 11) is 0. The van der Waals surface area contributed by atoms with Gasteiger partial charge in [-0.25, -0.2) is 4.79 Å². The minimum absolute atomic E-state index is 0.137. The average Bonchev–Trinajstić information content (AvgIpc) is 2.75.